The Labute approximate surface area is 104 Å². The molecule has 0 radical (unpaired) electrons. The molecule has 0 amide bonds. The quantitative estimate of drug-likeness (QED) is 0.692. The van der Waals surface area contributed by atoms with E-state index in [1.54, 1.807) is 7.11 Å². The highest BCUT2D eigenvalue weighted by atomic mass is 16.5. The number of nitrogens with two attached hydrogens (primary N) is 1. The monoisotopic (exact) mass is 237 g/mol. The molecule has 0 aliphatic heterocycles. The third kappa shape index (κ3) is 6.36. The number of aromatic nitrogens is 1. The Morgan fingerprint density at radius 2 is 2.29 bits per heavy atom. The molecule has 1 aromatic rings. The molecule has 0 bridgehead atoms. The van der Waals surface area contributed by atoms with Crippen LogP contribution < -0.4 is 5.73 Å². The lowest BCUT2D eigenvalue weighted by atomic mass is 10.1. The lowest BCUT2D eigenvalue weighted by Crippen LogP contribution is -2.35. The van der Waals surface area contributed by atoms with Gasteiger partial charge in [0, 0.05) is 39.0 Å². The molecule has 1 heterocycles. The fourth-order valence-electron chi connectivity index (χ4n) is 1.81. The molecule has 1 rings (SSSR count). The molecular weight excluding hydrogens is 214 g/mol. The topological polar surface area (TPSA) is 51.4 Å². The first-order valence-electron chi connectivity index (χ1n) is 6.05. The number of likely N-dealkylation sites (N-methyl/N-ethyl adjacent to an activating group) is 1. The van der Waals surface area contributed by atoms with Crippen molar-refractivity contribution in [3.63, 3.8) is 0 Å². The molecule has 0 saturated carbocycles. The van der Waals surface area contributed by atoms with E-state index in [1.807, 2.05) is 24.4 Å². The van der Waals surface area contributed by atoms with Gasteiger partial charge >= 0.3 is 0 Å². The van der Waals surface area contributed by atoms with E-state index in [0.717, 1.165) is 38.2 Å². The van der Waals surface area contributed by atoms with Crippen LogP contribution in [0.1, 0.15) is 18.5 Å². The van der Waals surface area contributed by atoms with E-state index in [4.69, 9.17) is 10.5 Å². The van der Waals surface area contributed by atoms with Crippen LogP contribution in [0.2, 0.25) is 0 Å². The van der Waals surface area contributed by atoms with Gasteiger partial charge in [-0.3, -0.25) is 9.88 Å². The van der Waals surface area contributed by atoms with Crippen molar-refractivity contribution in [2.24, 2.45) is 5.73 Å². The second-order valence-corrected chi connectivity index (χ2v) is 4.41. The van der Waals surface area contributed by atoms with Crippen molar-refractivity contribution in [3.05, 3.63) is 30.1 Å². The zero-order valence-electron chi connectivity index (χ0n) is 10.8. The molecule has 0 fully saturated rings. The molecule has 17 heavy (non-hydrogen) atoms. The predicted octanol–water partition coefficient (Wildman–Crippen LogP) is 1.27. The second-order valence-electron chi connectivity index (χ2n) is 4.41. The summed E-state index contributed by atoms with van der Waals surface area (Å²) in [4.78, 5) is 6.51. The summed E-state index contributed by atoms with van der Waals surface area (Å²) < 4.78 is 5.01. The molecule has 4 heteroatoms. The summed E-state index contributed by atoms with van der Waals surface area (Å²) in [7, 11) is 3.80. The van der Waals surface area contributed by atoms with Gasteiger partial charge < -0.3 is 10.5 Å². The number of ether oxygens (including phenoxy) is 1. The lowest BCUT2D eigenvalue weighted by Gasteiger charge is -2.20. The molecule has 2 N–H and O–H groups in total. The van der Waals surface area contributed by atoms with Gasteiger partial charge in [0.05, 0.1) is 5.69 Å². The minimum Gasteiger partial charge on any atom is -0.385 e. The van der Waals surface area contributed by atoms with Gasteiger partial charge in [-0.1, -0.05) is 6.07 Å². The first-order valence-corrected chi connectivity index (χ1v) is 6.05. The lowest BCUT2D eigenvalue weighted by molar-refractivity contribution is 0.187. The van der Waals surface area contributed by atoms with Crippen molar-refractivity contribution in [1.82, 2.24) is 9.88 Å². The smallest absolute Gasteiger partial charge is 0.0543 e. The van der Waals surface area contributed by atoms with E-state index >= 15 is 0 Å². The van der Waals surface area contributed by atoms with Gasteiger partial charge in [0.1, 0.15) is 0 Å². The van der Waals surface area contributed by atoms with E-state index in [-0.39, 0.29) is 6.04 Å². The summed E-state index contributed by atoms with van der Waals surface area (Å²) >= 11 is 0. The van der Waals surface area contributed by atoms with Crippen molar-refractivity contribution >= 4 is 0 Å². The van der Waals surface area contributed by atoms with Crippen LogP contribution in [-0.2, 0) is 11.3 Å². The van der Waals surface area contributed by atoms with Gasteiger partial charge in [0.2, 0.25) is 0 Å². The fourth-order valence-corrected chi connectivity index (χ4v) is 1.81. The molecule has 1 unspecified atom stereocenters. The SMILES string of the molecule is COCCCC(N)CN(C)Cc1ccccn1. The zero-order chi connectivity index (χ0) is 12.5. The van der Waals surface area contributed by atoms with Crippen molar-refractivity contribution in [2.45, 2.75) is 25.4 Å². The molecule has 1 atom stereocenters. The minimum absolute atomic E-state index is 0.207. The summed E-state index contributed by atoms with van der Waals surface area (Å²) in [5.41, 5.74) is 7.13. The van der Waals surface area contributed by atoms with Crippen LogP contribution in [0.5, 0.6) is 0 Å². The standard InChI is InChI=1S/C13H23N3O/c1-16(10-12(14)6-5-9-17-2)11-13-7-3-4-8-15-13/h3-4,7-8,12H,5-6,9-11,14H2,1-2H3. The predicted molar refractivity (Wildman–Crippen MR) is 69.7 cm³/mol. The van der Waals surface area contributed by atoms with Crippen molar-refractivity contribution in [1.29, 1.82) is 0 Å². The maximum absolute atomic E-state index is 6.05. The molecule has 96 valence electrons. The number of pyridine rings is 1. The molecule has 0 spiro atoms. The van der Waals surface area contributed by atoms with Crippen LogP contribution in [-0.4, -0.2) is 43.2 Å². The highest BCUT2D eigenvalue weighted by molar-refractivity contribution is 5.03. The number of hydrogen-bond donors (Lipinski definition) is 1. The van der Waals surface area contributed by atoms with Gasteiger partial charge in [-0.05, 0) is 32.0 Å². The number of hydrogen-bond acceptors (Lipinski definition) is 4. The van der Waals surface area contributed by atoms with Crippen LogP contribution >= 0.6 is 0 Å². The Kier molecular flexibility index (Phi) is 6.77. The molecule has 0 aromatic carbocycles. The van der Waals surface area contributed by atoms with Crippen LogP contribution in [0.3, 0.4) is 0 Å². The Morgan fingerprint density at radius 1 is 1.47 bits per heavy atom. The highest BCUT2D eigenvalue weighted by Crippen LogP contribution is 2.02. The van der Waals surface area contributed by atoms with Crippen LogP contribution in [0.15, 0.2) is 24.4 Å². The van der Waals surface area contributed by atoms with Gasteiger partial charge in [-0.2, -0.15) is 0 Å². The average Bonchev–Trinajstić information content (AvgIpc) is 2.30. The van der Waals surface area contributed by atoms with Gasteiger partial charge in [-0.15, -0.1) is 0 Å². The number of nitrogens with zero attached hydrogens (tertiary/aromatic N) is 2. The summed E-state index contributed by atoms with van der Waals surface area (Å²) in [6, 6.07) is 6.18. The van der Waals surface area contributed by atoms with Gasteiger partial charge in [0.25, 0.3) is 0 Å². The first kappa shape index (κ1) is 14.1. The summed E-state index contributed by atoms with van der Waals surface area (Å²) in [6.45, 7) is 2.52. The first-order chi connectivity index (χ1) is 8.22. The molecule has 4 nitrogen and oxygen atoms in total. The average molecular weight is 237 g/mol. The number of rotatable bonds is 8. The third-order valence-electron chi connectivity index (χ3n) is 2.63. The largest absolute Gasteiger partial charge is 0.385 e. The number of methoxy groups -OCH3 is 1. The third-order valence-corrected chi connectivity index (χ3v) is 2.63. The van der Waals surface area contributed by atoms with Gasteiger partial charge in [-0.25, -0.2) is 0 Å². The van der Waals surface area contributed by atoms with E-state index < -0.39 is 0 Å². The van der Waals surface area contributed by atoms with E-state index in [1.165, 1.54) is 0 Å². The highest BCUT2D eigenvalue weighted by Gasteiger charge is 2.07. The van der Waals surface area contributed by atoms with Crippen molar-refractivity contribution < 1.29 is 4.74 Å². The van der Waals surface area contributed by atoms with Crippen LogP contribution in [0.25, 0.3) is 0 Å². The maximum Gasteiger partial charge on any atom is 0.0543 e. The Bertz CT molecular complexity index is 292. The Morgan fingerprint density at radius 3 is 2.94 bits per heavy atom. The van der Waals surface area contributed by atoms with E-state index in [9.17, 15) is 0 Å². The molecule has 0 aliphatic carbocycles. The molecule has 1 aromatic heterocycles. The maximum atomic E-state index is 6.05. The Balaban J connectivity index is 2.22. The summed E-state index contributed by atoms with van der Waals surface area (Å²) in [5, 5.41) is 0. The Hall–Kier alpha value is -0.970. The van der Waals surface area contributed by atoms with Crippen molar-refractivity contribution in [3.8, 4) is 0 Å². The van der Waals surface area contributed by atoms with E-state index in [0.29, 0.717) is 0 Å². The van der Waals surface area contributed by atoms with Crippen LogP contribution in [0, 0.1) is 0 Å². The summed E-state index contributed by atoms with van der Waals surface area (Å²) in [5.74, 6) is 0. The van der Waals surface area contributed by atoms with Crippen molar-refractivity contribution in [2.75, 3.05) is 27.3 Å². The van der Waals surface area contributed by atoms with Gasteiger partial charge in [0.15, 0.2) is 0 Å². The zero-order valence-corrected chi connectivity index (χ0v) is 10.8. The second kappa shape index (κ2) is 8.17. The molecule has 0 aliphatic rings. The fraction of sp³-hybridized carbons (Fsp3) is 0.615. The molecule has 0 saturated heterocycles. The normalized spacial score (nSPS) is 12.9. The molecular formula is C13H23N3O. The minimum atomic E-state index is 0.207. The summed E-state index contributed by atoms with van der Waals surface area (Å²) in [6.07, 6.45) is 3.84. The van der Waals surface area contributed by atoms with Crippen LogP contribution in [0.4, 0.5) is 0 Å². The van der Waals surface area contributed by atoms with E-state index in [2.05, 4.69) is 16.9 Å².